The molecule has 0 saturated heterocycles. The van der Waals surface area contributed by atoms with Crippen LogP contribution in [0.3, 0.4) is 0 Å². The summed E-state index contributed by atoms with van der Waals surface area (Å²) in [7, 11) is 0. The zero-order valence-electron chi connectivity index (χ0n) is 13.0. The zero-order valence-corrected chi connectivity index (χ0v) is 14.6. The van der Waals surface area contributed by atoms with Gasteiger partial charge in [-0.25, -0.2) is 9.89 Å². The molecule has 1 heterocycles. The monoisotopic (exact) mass is 354 g/mol. The third kappa shape index (κ3) is 4.62. The second kappa shape index (κ2) is 8.21. The van der Waals surface area contributed by atoms with E-state index in [1.54, 1.807) is 6.07 Å². The molecule has 124 valence electrons. The van der Waals surface area contributed by atoms with E-state index in [1.165, 1.54) is 16.3 Å². The molecular formula is C15H19ClN4O2S. The molecule has 2 N–H and O–H groups in total. The summed E-state index contributed by atoms with van der Waals surface area (Å²) < 4.78 is 1.54. The van der Waals surface area contributed by atoms with Crippen LogP contribution in [-0.4, -0.2) is 26.4 Å². The number of rotatable bonds is 7. The molecule has 1 amide bonds. The Morgan fingerprint density at radius 2 is 2.22 bits per heavy atom. The summed E-state index contributed by atoms with van der Waals surface area (Å²) in [4.78, 5) is 23.7. The van der Waals surface area contributed by atoms with Gasteiger partial charge in [0.15, 0.2) is 5.16 Å². The van der Waals surface area contributed by atoms with E-state index >= 15 is 0 Å². The molecule has 0 aliphatic heterocycles. The first-order chi connectivity index (χ1) is 11.0. The lowest BCUT2D eigenvalue weighted by atomic mass is 10.1. The van der Waals surface area contributed by atoms with Crippen LogP contribution in [0.1, 0.15) is 31.9 Å². The van der Waals surface area contributed by atoms with Gasteiger partial charge in [-0.05, 0) is 25.0 Å². The van der Waals surface area contributed by atoms with E-state index in [1.807, 2.05) is 32.0 Å². The molecule has 1 aromatic heterocycles. The van der Waals surface area contributed by atoms with Gasteiger partial charge in [0.05, 0.1) is 11.8 Å². The average Bonchev–Trinajstić information content (AvgIpc) is 2.87. The highest BCUT2D eigenvalue weighted by atomic mass is 35.5. The molecule has 2 aromatic rings. The molecule has 0 radical (unpaired) electrons. The second-order valence-electron chi connectivity index (χ2n) is 5.06. The first-order valence-electron chi connectivity index (χ1n) is 7.34. The summed E-state index contributed by atoms with van der Waals surface area (Å²) in [5.41, 5.74) is 0.620. The lowest BCUT2D eigenvalue weighted by Gasteiger charge is -2.15. The van der Waals surface area contributed by atoms with Gasteiger partial charge < -0.3 is 5.32 Å². The van der Waals surface area contributed by atoms with Crippen molar-refractivity contribution in [1.29, 1.82) is 0 Å². The Morgan fingerprint density at radius 3 is 2.91 bits per heavy atom. The molecule has 6 nitrogen and oxygen atoms in total. The number of hydrogen-bond acceptors (Lipinski definition) is 4. The fourth-order valence-electron chi connectivity index (χ4n) is 2.15. The van der Waals surface area contributed by atoms with Crippen molar-refractivity contribution < 1.29 is 4.79 Å². The van der Waals surface area contributed by atoms with E-state index < -0.39 is 0 Å². The predicted octanol–water partition coefficient (Wildman–Crippen LogP) is 2.60. The van der Waals surface area contributed by atoms with Crippen molar-refractivity contribution in [2.45, 2.75) is 38.0 Å². The number of H-pyrrole nitrogens is 1. The molecule has 0 aliphatic carbocycles. The molecular weight excluding hydrogens is 336 g/mol. The highest BCUT2D eigenvalue weighted by Gasteiger charge is 2.14. The third-order valence-corrected chi connectivity index (χ3v) is 4.57. The van der Waals surface area contributed by atoms with E-state index in [9.17, 15) is 9.59 Å². The summed E-state index contributed by atoms with van der Waals surface area (Å²) in [6.45, 7) is 4.44. The lowest BCUT2D eigenvalue weighted by molar-refractivity contribution is -0.119. The maximum atomic E-state index is 12.1. The number of nitrogens with one attached hydrogen (secondary N) is 2. The zero-order chi connectivity index (χ0) is 16.8. The second-order valence-corrected chi connectivity index (χ2v) is 6.41. The number of halogens is 1. The van der Waals surface area contributed by atoms with E-state index in [-0.39, 0.29) is 23.4 Å². The van der Waals surface area contributed by atoms with Gasteiger partial charge >= 0.3 is 5.69 Å². The average molecular weight is 355 g/mol. The standard InChI is InChI=1S/C15H19ClN4O2S/c1-3-8-20-14(22)18-19-15(20)23-9-13(21)17-10(2)11-6-4-5-7-12(11)16/h4-7,10H,3,8-9H2,1-2H3,(H,17,21)(H,18,22)/t10-/m0/s1. The molecule has 23 heavy (non-hydrogen) atoms. The summed E-state index contributed by atoms with van der Waals surface area (Å²) in [5.74, 6) is 0.0453. The van der Waals surface area contributed by atoms with Crippen LogP contribution in [0.15, 0.2) is 34.2 Å². The first kappa shape index (κ1) is 17.6. The van der Waals surface area contributed by atoms with Gasteiger partial charge in [0.25, 0.3) is 0 Å². The van der Waals surface area contributed by atoms with Crippen LogP contribution in [0.25, 0.3) is 0 Å². The van der Waals surface area contributed by atoms with Crippen LogP contribution in [0, 0.1) is 0 Å². The topological polar surface area (TPSA) is 79.8 Å². The van der Waals surface area contributed by atoms with E-state index in [0.717, 1.165) is 12.0 Å². The Labute approximate surface area is 143 Å². The van der Waals surface area contributed by atoms with Crippen molar-refractivity contribution >= 4 is 29.3 Å². The minimum Gasteiger partial charge on any atom is -0.349 e. The summed E-state index contributed by atoms with van der Waals surface area (Å²) >= 11 is 7.36. The van der Waals surface area contributed by atoms with Gasteiger partial charge in [-0.1, -0.05) is 48.5 Å². The van der Waals surface area contributed by atoms with Gasteiger partial charge in [0, 0.05) is 11.6 Å². The Kier molecular flexibility index (Phi) is 6.29. The fourth-order valence-corrected chi connectivity index (χ4v) is 3.23. The molecule has 0 saturated carbocycles. The molecule has 0 unspecified atom stereocenters. The minimum absolute atomic E-state index is 0.138. The molecule has 1 atom stereocenters. The molecule has 0 aliphatic rings. The van der Waals surface area contributed by atoms with E-state index in [2.05, 4.69) is 15.5 Å². The molecule has 0 fully saturated rings. The maximum Gasteiger partial charge on any atom is 0.343 e. The number of aromatic nitrogens is 3. The Bertz CT molecular complexity index is 728. The number of carbonyl (C=O) groups is 1. The summed E-state index contributed by atoms with van der Waals surface area (Å²) in [6, 6.07) is 7.22. The van der Waals surface area contributed by atoms with Crippen LogP contribution >= 0.6 is 23.4 Å². The third-order valence-electron chi connectivity index (χ3n) is 3.25. The lowest BCUT2D eigenvalue weighted by Crippen LogP contribution is -2.28. The van der Waals surface area contributed by atoms with E-state index in [4.69, 9.17) is 11.6 Å². The van der Waals surface area contributed by atoms with Crippen LogP contribution in [0.2, 0.25) is 5.02 Å². The quantitative estimate of drug-likeness (QED) is 0.749. The molecule has 1 aromatic carbocycles. The fraction of sp³-hybridized carbons (Fsp3) is 0.400. The molecule has 0 spiro atoms. The predicted molar refractivity (Wildman–Crippen MR) is 91.9 cm³/mol. The van der Waals surface area contributed by atoms with Gasteiger partial charge in [0.1, 0.15) is 0 Å². The van der Waals surface area contributed by atoms with Crippen molar-refractivity contribution in [3.8, 4) is 0 Å². The highest BCUT2D eigenvalue weighted by Crippen LogP contribution is 2.22. The van der Waals surface area contributed by atoms with Gasteiger partial charge in [-0.15, -0.1) is 5.10 Å². The number of hydrogen-bond donors (Lipinski definition) is 2. The van der Waals surface area contributed by atoms with Gasteiger partial charge in [0.2, 0.25) is 5.91 Å². The number of nitrogens with zero attached hydrogens (tertiary/aromatic N) is 2. The van der Waals surface area contributed by atoms with Gasteiger partial charge in [-0.3, -0.25) is 9.36 Å². The van der Waals surface area contributed by atoms with Crippen molar-refractivity contribution in [3.05, 3.63) is 45.3 Å². The van der Waals surface area contributed by atoms with Crippen molar-refractivity contribution in [1.82, 2.24) is 20.1 Å². The normalized spacial score (nSPS) is 12.1. The Hall–Kier alpha value is -1.73. The maximum absolute atomic E-state index is 12.1. The number of thioether (sulfide) groups is 1. The Balaban J connectivity index is 1.93. The van der Waals surface area contributed by atoms with Crippen molar-refractivity contribution in [2.75, 3.05) is 5.75 Å². The highest BCUT2D eigenvalue weighted by molar-refractivity contribution is 7.99. The van der Waals surface area contributed by atoms with E-state index in [0.29, 0.717) is 16.7 Å². The van der Waals surface area contributed by atoms with Crippen molar-refractivity contribution in [2.24, 2.45) is 0 Å². The van der Waals surface area contributed by atoms with Crippen LogP contribution in [0.4, 0.5) is 0 Å². The number of amides is 1. The molecule has 0 bridgehead atoms. The van der Waals surface area contributed by atoms with Crippen LogP contribution in [-0.2, 0) is 11.3 Å². The number of carbonyl (C=O) groups excluding carboxylic acids is 1. The molecule has 8 heteroatoms. The van der Waals surface area contributed by atoms with Crippen molar-refractivity contribution in [3.63, 3.8) is 0 Å². The Morgan fingerprint density at radius 1 is 1.48 bits per heavy atom. The number of benzene rings is 1. The van der Waals surface area contributed by atoms with Crippen LogP contribution < -0.4 is 11.0 Å². The van der Waals surface area contributed by atoms with Crippen LogP contribution in [0.5, 0.6) is 0 Å². The number of aromatic amines is 1. The minimum atomic E-state index is -0.251. The summed E-state index contributed by atoms with van der Waals surface area (Å²) in [6.07, 6.45) is 0.822. The summed E-state index contributed by atoms with van der Waals surface area (Å²) in [5, 5.41) is 10.4. The van der Waals surface area contributed by atoms with Gasteiger partial charge in [-0.2, -0.15) is 0 Å². The smallest absolute Gasteiger partial charge is 0.343 e. The molecule has 2 rings (SSSR count). The largest absolute Gasteiger partial charge is 0.349 e. The SMILES string of the molecule is CCCn1c(SCC(=O)N[C@@H](C)c2ccccc2Cl)n[nH]c1=O. The first-order valence-corrected chi connectivity index (χ1v) is 8.71.